The molecule has 6 unspecified atom stereocenters. The lowest BCUT2D eigenvalue weighted by atomic mass is 9.85. The van der Waals surface area contributed by atoms with Gasteiger partial charge in [0.2, 0.25) is 5.60 Å². The minimum absolute atomic E-state index is 0.214. The van der Waals surface area contributed by atoms with Gasteiger partial charge in [0.15, 0.2) is 5.82 Å². The van der Waals surface area contributed by atoms with E-state index in [1.54, 1.807) is 63.2 Å². The third-order valence-electron chi connectivity index (χ3n) is 6.33. The Bertz CT molecular complexity index is 1410. The van der Waals surface area contributed by atoms with Gasteiger partial charge < -0.3 is 24.8 Å². The molecule has 1 fully saturated rings. The Morgan fingerprint density at radius 2 is 2.03 bits per heavy atom. The van der Waals surface area contributed by atoms with Crippen LogP contribution in [0.1, 0.15) is 33.4 Å². The number of para-hydroxylation sites is 1. The van der Waals surface area contributed by atoms with Gasteiger partial charge in [-0.15, -0.1) is 0 Å². The van der Waals surface area contributed by atoms with Crippen molar-refractivity contribution >= 4 is 25.1 Å². The zero-order valence-electron chi connectivity index (χ0n) is 21.9. The highest BCUT2D eigenvalue weighted by atomic mass is 31.2. The lowest BCUT2D eigenvalue weighted by Crippen LogP contribution is -2.37. The number of fused-ring (bicyclic) bond motifs is 1. The fourth-order valence-electron chi connectivity index (χ4n) is 4.33. The molecule has 1 aromatic carbocycles. The molecule has 4 N–H and O–H groups in total. The molecule has 0 radical (unpaired) electrons. The number of nitrogens with zero attached hydrogens (tertiary/aromatic N) is 4. The van der Waals surface area contributed by atoms with Crippen LogP contribution in [0.25, 0.3) is 5.52 Å². The van der Waals surface area contributed by atoms with Crippen LogP contribution in [-0.2, 0) is 29.0 Å². The zero-order valence-corrected chi connectivity index (χ0v) is 22.8. The molecule has 3 aromatic rings. The normalized spacial score (nSPS) is 25.2. The van der Waals surface area contributed by atoms with Crippen LogP contribution in [0.4, 0.5) is 5.82 Å². The van der Waals surface area contributed by atoms with Gasteiger partial charge in [-0.05, 0) is 45.0 Å². The van der Waals surface area contributed by atoms with Crippen molar-refractivity contribution in [2.24, 2.45) is 5.92 Å². The summed E-state index contributed by atoms with van der Waals surface area (Å²) in [6.45, 7) is 6.07. The fourth-order valence-corrected chi connectivity index (χ4v) is 5.83. The summed E-state index contributed by atoms with van der Waals surface area (Å²) in [4.78, 5) is 16.3. The first-order valence-electron chi connectivity index (χ1n) is 12.3. The highest BCUT2D eigenvalue weighted by molar-refractivity contribution is 7.52. The Hall–Kier alpha value is -3.53. The lowest BCUT2D eigenvalue weighted by Gasteiger charge is -2.26. The van der Waals surface area contributed by atoms with Crippen LogP contribution in [-0.4, -0.2) is 56.6 Å². The summed E-state index contributed by atoms with van der Waals surface area (Å²) < 4.78 is 37.9. The molecule has 14 heteroatoms. The SMILES string of the molecule is CC(C)OC(=O)C(C)NP(=O)(OCC1OC(C#N)(c2ccc3c(N)ncnn23)C(C)C1O)Oc1ccccc1. The number of aliphatic hydroxyl groups excluding tert-OH is 1. The van der Waals surface area contributed by atoms with Crippen LogP contribution in [0, 0.1) is 17.2 Å². The average Bonchev–Trinajstić information content (AvgIpc) is 3.44. The molecule has 0 aliphatic carbocycles. The molecule has 39 heavy (non-hydrogen) atoms. The van der Waals surface area contributed by atoms with Crippen molar-refractivity contribution in [3.05, 3.63) is 54.5 Å². The van der Waals surface area contributed by atoms with Crippen molar-refractivity contribution in [3.8, 4) is 11.8 Å². The van der Waals surface area contributed by atoms with E-state index in [1.165, 1.54) is 17.8 Å². The van der Waals surface area contributed by atoms with Crippen molar-refractivity contribution in [2.45, 2.75) is 57.6 Å². The molecule has 208 valence electrons. The van der Waals surface area contributed by atoms with E-state index >= 15 is 0 Å². The minimum Gasteiger partial charge on any atom is -0.462 e. The molecule has 1 aliphatic heterocycles. The predicted octanol–water partition coefficient (Wildman–Crippen LogP) is 2.56. The van der Waals surface area contributed by atoms with Crippen LogP contribution in [0.2, 0.25) is 0 Å². The maximum atomic E-state index is 13.8. The number of anilines is 1. The Kier molecular flexibility index (Phi) is 8.25. The molecule has 0 bridgehead atoms. The number of nitrogens with one attached hydrogen (secondary N) is 1. The van der Waals surface area contributed by atoms with Gasteiger partial charge in [-0.3, -0.25) is 9.32 Å². The van der Waals surface area contributed by atoms with Gasteiger partial charge in [0, 0.05) is 5.92 Å². The Morgan fingerprint density at radius 3 is 2.69 bits per heavy atom. The molecule has 0 saturated carbocycles. The number of esters is 1. The number of carbonyl (C=O) groups excluding carboxylic acids is 1. The number of benzene rings is 1. The van der Waals surface area contributed by atoms with Crippen LogP contribution in [0.15, 0.2) is 48.8 Å². The molecule has 4 rings (SSSR count). The monoisotopic (exact) mass is 558 g/mol. The van der Waals surface area contributed by atoms with Gasteiger partial charge in [0.25, 0.3) is 0 Å². The predicted molar refractivity (Wildman–Crippen MR) is 139 cm³/mol. The van der Waals surface area contributed by atoms with E-state index in [-0.39, 0.29) is 17.7 Å². The van der Waals surface area contributed by atoms with Crippen LogP contribution >= 0.6 is 7.75 Å². The number of rotatable bonds is 10. The summed E-state index contributed by atoms with van der Waals surface area (Å²) in [7, 11) is -4.22. The maximum absolute atomic E-state index is 13.8. The molecule has 3 heterocycles. The summed E-state index contributed by atoms with van der Waals surface area (Å²) in [5.74, 6) is -0.957. The second kappa shape index (κ2) is 11.3. The van der Waals surface area contributed by atoms with Gasteiger partial charge in [0.1, 0.15) is 35.8 Å². The van der Waals surface area contributed by atoms with E-state index in [1.807, 2.05) is 0 Å². The molecule has 13 nitrogen and oxygen atoms in total. The third-order valence-corrected chi connectivity index (χ3v) is 7.98. The summed E-state index contributed by atoms with van der Waals surface area (Å²) >= 11 is 0. The van der Waals surface area contributed by atoms with Crippen molar-refractivity contribution in [2.75, 3.05) is 12.3 Å². The number of hydrogen-bond donors (Lipinski definition) is 3. The van der Waals surface area contributed by atoms with Gasteiger partial charge in [-0.1, -0.05) is 25.1 Å². The number of nitriles is 1. The largest absolute Gasteiger partial charge is 0.462 e. The first-order valence-corrected chi connectivity index (χ1v) is 13.9. The highest BCUT2D eigenvalue weighted by Crippen LogP contribution is 2.48. The first-order chi connectivity index (χ1) is 18.5. The van der Waals surface area contributed by atoms with Crippen LogP contribution in [0.5, 0.6) is 5.75 Å². The second-order valence-corrected chi connectivity index (χ2v) is 11.2. The van der Waals surface area contributed by atoms with Crippen molar-refractivity contribution in [3.63, 3.8) is 0 Å². The van der Waals surface area contributed by atoms with Gasteiger partial charge in [-0.2, -0.15) is 15.4 Å². The van der Waals surface area contributed by atoms with E-state index in [0.717, 1.165) is 0 Å². The van der Waals surface area contributed by atoms with Gasteiger partial charge >= 0.3 is 13.7 Å². The standard InChI is InChI=1S/C25H31N6O7P/c1-15(2)36-24(33)17(4)30-39(34,38-18-8-6-5-7-9-18)35-12-20-22(32)16(3)25(13-26,37-20)21-11-10-19-23(27)28-14-29-31(19)21/h5-11,14-17,20,22,32H,12H2,1-4H3,(H,30,34)(H2,27,28,29). The average molecular weight is 559 g/mol. The number of nitrogens with two attached hydrogens (primary N) is 1. The first kappa shape index (κ1) is 28.5. The summed E-state index contributed by atoms with van der Waals surface area (Å²) in [6, 6.07) is 12.7. The number of aliphatic hydroxyl groups is 1. The van der Waals surface area contributed by atoms with Gasteiger partial charge in [0.05, 0.1) is 24.5 Å². The van der Waals surface area contributed by atoms with Crippen LogP contribution < -0.4 is 15.3 Å². The summed E-state index contributed by atoms with van der Waals surface area (Å²) in [6.07, 6.45) is -1.41. The fraction of sp³-hybridized carbons (Fsp3) is 0.440. The third kappa shape index (κ3) is 5.75. The number of carbonyl (C=O) groups is 1. The van der Waals surface area contributed by atoms with Gasteiger partial charge in [-0.25, -0.2) is 14.1 Å². The number of aromatic nitrogens is 3. The summed E-state index contributed by atoms with van der Waals surface area (Å²) in [5, 5.41) is 28.1. The van der Waals surface area contributed by atoms with E-state index in [4.69, 9.17) is 24.3 Å². The van der Waals surface area contributed by atoms with Crippen LogP contribution in [0.3, 0.4) is 0 Å². The Morgan fingerprint density at radius 1 is 1.31 bits per heavy atom. The summed E-state index contributed by atoms with van der Waals surface area (Å²) in [5.41, 5.74) is 5.12. The molecule has 1 saturated heterocycles. The minimum atomic E-state index is -4.22. The Balaban J connectivity index is 1.58. The molecule has 1 aliphatic rings. The number of hydrogen-bond acceptors (Lipinski definition) is 11. The lowest BCUT2D eigenvalue weighted by molar-refractivity contribution is -0.149. The second-order valence-electron chi connectivity index (χ2n) is 9.48. The molecule has 2 aromatic heterocycles. The van der Waals surface area contributed by atoms with Crippen molar-refractivity contribution in [1.82, 2.24) is 19.7 Å². The smallest absolute Gasteiger partial charge is 0.459 e. The van der Waals surface area contributed by atoms with E-state index in [2.05, 4.69) is 21.2 Å². The molecule has 6 atom stereocenters. The van der Waals surface area contributed by atoms with Crippen molar-refractivity contribution < 1.29 is 33.0 Å². The van der Waals surface area contributed by atoms with E-state index in [0.29, 0.717) is 11.2 Å². The van der Waals surface area contributed by atoms with E-state index < -0.39 is 50.1 Å². The number of ether oxygens (including phenoxy) is 2. The molecule has 0 amide bonds. The highest BCUT2D eigenvalue weighted by Gasteiger charge is 2.56. The quantitative estimate of drug-likeness (QED) is 0.244. The van der Waals surface area contributed by atoms with Crippen molar-refractivity contribution in [1.29, 1.82) is 5.26 Å². The maximum Gasteiger partial charge on any atom is 0.459 e. The van der Waals surface area contributed by atoms with E-state index in [9.17, 15) is 19.7 Å². The Labute approximate surface area is 225 Å². The molecular formula is C25H31N6O7P. The topological polar surface area (TPSA) is 183 Å². The zero-order chi connectivity index (χ0) is 28.4. The molecule has 0 spiro atoms. The molecular weight excluding hydrogens is 527 g/mol. The number of nitrogen functional groups attached to an aromatic ring is 1.